The fourth-order valence-corrected chi connectivity index (χ4v) is 2.41. The van der Waals surface area contributed by atoms with E-state index in [0.717, 1.165) is 24.2 Å². The predicted octanol–water partition coefficient (Wildman–Crippen LogP) is 1.87. The molecule has 2 aromatic heterocycles. The topological polar surface area (TPSA) is 56.7 Å². The minimum absolute atomic E-state index is 0.465. The Morgan fingerprint density at radius 1 is 1.41 bits per heavy atom. The number of nitrogens with two attached hydrogens (primary N) is 1. The summed E-state index contributed by atoms with van der Waals surface area (Å²) >= 11 is 5.88. The van der Waals surface area contributed by atoms with Crippen molar-refractivity contribution >= 4 is 11.6 Å². The molecule has 0 saturated carbocycles. The van der Waals surface area contributed by atoms with Gasteiger partial charge < -0.3 is 5.73 Å². The Hall–Kier alpha value is -1.39. The van der Waals surface area contributed by atoms with Crippen LogP contribution in [0.25, 0.3) is 5.82 Å². The first-order valence-electron chi connectivity index (χ1n) is 5.70. The fourth-order valence-electron chi connectivity index (χ4n) is 2.27. The van der Waals surface area contributed by atoms with Crippen LogP contribution in [0.4, 0.5) is 0 Å². The third-order valence-electron chi connectivity index (χ3n) is 3.09. The summed E-state index contributed by atoms with van der Waals surface area (Å²) in [5.41, 5.74) is 9.29. The van der Waals surface area contributed by atoms with Gasteiger partial charge in [0.25, 0.3) is 0 Å². The fraction of sp³-hybridized carbons (Fsp3) is 0.333. The molecule has 5 heteroatoms. The van der Waals surface area contributed by atoms with Crippen molar-refractivity contribution in [1.82, 2.24) is 14.8 Å². The molecule has 0 fully saturated rings. The molecule has 0 aliphatic heterocycles. The van der Waals surface area contributed by atoms with Gasteiger partial charge in [-0.25, -0.2) is 9.67 Å². The first kappa shape index (κ1) is 10.7. The zero-order valence-corrected chi connectivity index (χ0v) is 10.1. The predicted molar refractivity (Wildman–Crippen MR) is 66.3 cm³/mol. The molecule has 17 heavy (non-hydrogen) atoms. The van der Waals surface area contributed by atoms with Crippen LogP contribution in [0.3, 0.4) is 0 Å². The molecule has 4 nitrogen and oxygen atoms in total. The minimum atomic E-state index is 0.465. The number of nitrogens with zero attached hydrogens (tertiary/aromatic N) is 3. The van der Waals surface area contributed by atoms with Crippen molar-refractivity contribution in [3.63, 3.8) is 0 Å². The van der Waals surface area contributed by atoms with Gasteiger partial charge in [0.05, 0.1) is 17.4 Å². The zero-order valence-electron chi connectivity index (χ0n) is 9.36. The number of hydrogen-bond acceptors (Lipinski definition) is 3. The van der Waals surface area contributed by atoms with Crippen molar-refractivity contribution in [2.24, 2.45) is 5.73 Å². The maximum absolute atomic E-state index is 5.88. The molecular weight excluding hydrogens is 236 g/mol. The largest absolute Gasteiger partial charge is 0.326 e. The van der Waals surface area contributed by atoms with Crippen molar-refractivity contribution in [1.29, 1.82) is 0 Å². The van der Waals surface area contributed by atoms with E-state index in [1.54, 1.807) is 17.1 Å². The lowest BCUT2D eigenvalue weighted by atomic mass is 10.1. The molecular formula is C12H13ClN4. The van der Waals surface area contributed by atoms with E-state index in [2.05, 4.69) is 16.1 Å². The molecule has 0 bridgehead atoms. The van der Waals surface area contributed by atoms with Crippen LogP contribution in [0.2, 0.25) is 5.02 Å². The summed E-state index contributed by atoms with van der Waals surface area (Å²) in [5.74, 6) is 0.806. The van der Waals surface area contributed by atoms with Crippen molar-refractivity contribution in [3.8, 4) is 5.82 Å². The molecule has 2 N–H and O–H groups in total. The summed E-state index contributed by atoms with van der Waals surface area (Å²) in [4.78, 5) is 4.67. The van der Waals surface area contributed by atoms with Gasteiger partial charge >= 0.3 is 0 Å². The van der Waals surface area contributed by atoms with Crippen LogP contribution in [0, 0.1) is 0 Å². The highest BCUT2D eigenvalue weighted by atomic mass is 35.5. The van der Waals surface area contributed by atoms with E-state index >= 15 is 0 Å². The van der Waals surface area contributed by atoms with E-state index < -0.39 is 0 Å². The Morgan fingerprint density at radius 3 is 3.00 bits per heavy atom. The average Bonchev–Trinajstić information content (AvgIpc) is 2.94. The first-order chi connectivity index (χ1) is 8.28. The van der Waals surface area contributed by atoms with Gasteiger partial charge in [-0.05, 0) is 30.9 Å². The Morgan fingerprint density at radius 2 is 2.29 bits per heavy atom. The van der Waals surface area contributed by atoms with E-state index in [4.69, 9.17) is 17.3 Å². The molecule has 0 radical (unpaired) electrons. The van der Waals surface area contributed by atoms with Gasteiger partial charge in [-0.1, -0.05) is 11.6 Å². The maximum Gasteiger partial charge on any atom is 0.158 e. The lowest BCUT2D eigenvalue weighted by Gasteiger charge is -2.09. The first-order valence-corrected chi connectivity index (χ1v) is 6.08. The zero-order chi connectivity index (χ0) is 11.8. The van der Waals surface area contributed by atoms with Gasteiger partial charge in [0.2, 0.25) is 0 Å². The summed E-state index contributed by atoms with van der Waals surface area (Å²) < 4.78 is 1.70. The number of halogens is 1. The highest BCUT2D eigenvalue weighted by Crippen LogP contribution is 2.24. The van der Waals surface area contributed by atoms with Crippen LogP contribution in [0.5, 0.6) is 0 Å². The molecule has 3 rings (SSSR count). The molecule has 1 aliphatic rings. The SMILES string of the molecule is NCc1cc2c(nc1-n1cc(Cl)cn1)CCC2. The Labute approximate surface area is 104 Å². The standard InChI is InChI=1S/C12H13ClN4/c13-10-6-15-17(7-10)12-9(5-14)4-8-2-1-3-11(8)16-12/h4,6-7H,1-3,5,14H2. The molecule has 0 unspecified atom stereocenters. The van der Waals surface area contributed by atoms with Crippen LogP contribution in [-0.4, -0.2) is 14.8 Å². The second kappa shape index (κ2) is 4.13. The number of hydrogen-bond donors (Lipinski definition) is 1. The van der Waals surface area contributed by atoms with Gasteiger partial charge in [0.1, 0.15) is 0 Å². The normalized spacial score (nSPS) is 14.0. The molecule has 1 aliphatic carbocycles. The van der Waals surface area contributed by atoms with Crippen LogP contribution in [0.1, 0.15) is 23.2 Å². The lowest BCUT2D eigenvalue weighted by molar-refractivity contribution is 0.810. The molecule has 88 valence electrons. The lowest BCUT2D eigenvalue weighted by Crippen LogP contribution is -2.09. The van der Waals surface area contributed by atoms with Crippen molar-refractivity contribution in [2.75, 3.05) is 0 Å². The highest BCUT2D eigenvalue weighted by molar-refractivity contribution is 6.30. The van der Waals surface area contributed by atoms with Crippen LogP contribution in [0.15, 0.2) is 18.5 Å². The monoisotopic (exact) mass is 248 g/mol. The summed E-state index contributed by atoms with van der Waals surface area (Å²) in [7, 11) is 0. The van der Waals surface area contributed by atoms with Gasteiger partial charge in [-0.3, -0.25) is 0 Å². The van der Waals surface area contributed by atoms with Gasteiger partial charge in [0, 0.05) is 17.8 Å². The van der Waals surface area contributed by atoms with Crippen molar-refractivity contribution in [3.05, 3.63) is 40.3 Å². The molecule has 0 aromatic carbocycles. The number of pyridine rings is 1. The number of aryl methyl sites for hydroxylation is 2. The number of aromatic nitrogens is 3. The quantitative estimate of drug-likeness (QED) is 0.883. The third kappa shape index (κ3) is 1.83. The molecule has 0 amide bonds. The van der Waals surface area contributed by atoms with Crippen LogP contribution in [-0.2, 0) is 19.4 Å². The summed E-state index contributed by atoms with van der Waals surface area (Å²) in [5, 5.41) is 4.79. The van der Waals surface area contributed by atoms with Gasteiger partial charge in [-0.15, -0.1) is 0 Å². The molecule has 2 heterocycles. The van der Waals surface area contributed by atoms with E-state index in [9.17, 15) is 0 Å². The van der Waals surface area contributed by atoms with Gasteiger partial charge in [0.15, 0.2) is 5.82 Å². The second-order valence-corrected chi connectivity index (χ2v) is 4.67. The maximum atomic E-state index is 5.88. The molecule has 2 aromatic rings. The Balaban J connectivity index is 2.15. The van der Waals surface area contributed by atoms with Crippen molar-refractivity contribution < 1.29 is 0 Å². The van der Waals surface area contributed by atoms with E-state index in [-0.39, 0.29) is 0 Å². The Bertz CT molecular complexity index is 562. The third-order valence-corrected chi connectivity index (χ3v) is 3.29. The smallest absolute Gasteiger partial charge is 0.158 e. The highest BCUT2D eigenvalue weighted by Gasteiger charge is 2.17. The van der Waals surface area contributed by atoms with E-state index in [1.165, 1.54) is 17.7 Å². The van der Waals surface area contributed by atoms with E-state index in [1.807, 2.05) is 0 Å². The average molecular weight is 249 g/mol. The van der Waals surface area contributed by atoms with Crippen molar-refractivity contribution in [2.45, 2.75) is 25.8 Å². The molecule has 0 atom stereocenters. The summed E-state index contributed by atoms with van der Waals surface area (Å²) in [6.07, 6.45) is 6.69. The Kier molecular flexibility index (Phi) is 2.61. The van der Waals surface area contributed by atoms with Crippen LogP contribution >= 0.6 is 11.6 Å². The number of rotatable bonds is 2. The second-order valence-electron chi connectivity index (χ2n) is 4.24. The minimum Gasteiger partial charge on any atom is -0.326 e. The summed E-state index contributed by atoms with van der Waals surface area (Å²) in [6.45, 7) is 0.465. The van der Waals surface area contributed by atoms with Gasteiger partial charge in [-0.2, -0.15) is 5.10 Å². The van der Waals surface area contributed by atoms with Crippen LogP contribution < -0.4 is 5.73 Å². The number of fused-ring (bicyclic) bond motifs is 1. The summed E-state index contributed by atoms with van der Waals surface area (Å²) in [6, 6.07) is 2.15. The van der Waals surface area contributed by atoms with E-state index in [0.29, 0.717) is 11.6 Å². The molecule has 0 spiro atoms. The molecule has 0 saturated heterocycles.